The number of methoxy groups -OCH3 is 2. The molecule has 0 saturated heterocycles. The molecule has 1 aromatic carbocycles. The minimum absolute atomic E-state index is 0.705. The predicted octanol–water partition coefficient (Wildman–Crippen LogP) is 3.63. The van der Waals surface area contributed by atoms with Crippen molar-refractivity contribution in [3.63, 3.8) is 0 Å². The first-order valence-electron chi connectivity index (χ1n) is 9.00. The molecule has 0 spiro atoms. The summed E-state index contributed by atoms with van der Waals surface area (Å²) in [4.78, 5) is 7.38. The summed E-state index contributed by atoms with van der Waals surface area (Å²) in [5.41, 5.74) is 1.19. The zero-order valence-electron chi connectivity index (χ0n) is 16.1. The van der Waals surface area contributed by atoms with Crippen LogP contribution in [0, 0.1) is 0 Å². The van der Waals surface area contributed by atoms with E-state index in [2.05, 4.69) is 47.7 Å². The lowest BCUT2D eigenvalue weighted by Gasteiger charge is -2.12. The van der Waals surface area contributed by atoms with Crippen LogP contribution in [0.4, 0.5) is 0 Å². The Labute approximate surface area is 160 Å². The second kappa shape index (κ2) is 10.7. The van der Waals surface area contributed by atoms with E-state index in [-0.39, 0.29) is 0 Å². The van der Waals surface area contributed by atoms with E-state index in [0.29, 0.717) is 6.54 Å². The Balaban J connectivity index is 1.90. The molecule has 26 heavy (non-hydrogen) atoms. The molecular weight excluding hydrogens is 346 g/mol. The Kier molecular flexibility index (Phi) is 8.28. The standard InChI is InChI=1S/C20H29N3O2S/c1-5-16-8-9-17(26-16)14-23-20(21-6-2)22-12-11-15-7-10-18(24-3)19(13-15)25-4/h7-10,13H,5-6,11-12,14H2,1-4H3,(H2,21,22,23). The Hall–Kier alpha value is -2.21. The van der Waals surface area contributed by atoms with E-state index in [1.165, 1.54) is 15.3 Å². The lowest BCUT2D eigenvalue weighted by molar-refractivity contribution is 0.354. The van der Waals surface area contributed by atoms with Crippen LogP contribution in [0.25, 0.3) is 0 Å². The summed E-state index contributed by atoms with van der Waals surface area (Å²) >= 11 is 1.83. The second-order valence-electron chi connectivity index (χ2n) is 5.78. The van der Waals surface area contributed by atoms with Gasteiger partial charge in [0.25, 0.3) is 0 Å². The van der Waals surface area contributed by atoms with Crippen LogP contribution in [-0.4, -0.2) is 33.3 Å². The fourth-order valence-corrected chi connectivity index (χ4v) is 3.44. The molecule has 5 nitrogen and oxygen atoms in total. The number of guanidine groups is 1. The van der Waals surface area contributed by atoms with Crippen molar-refractivity contribution >= 4 is 17.3 Å². The van der Waals surface area contributed by atoms with Gasteiger partial charge in [0.2, 0.25) is 0 Å². The van der Waals surface area contributed by atoms with Crippen LogP contribution in [-0.2, 0) is 19.4 Å². The number of hydrogen-bond acceptors (Lipinski definition) is 4. The number of rotatable bonds is 9. The van der Waals surface area contributed by atoms with Gasteiger partial charge in [-0.3, -0.25) is 0 Å². The summed E-state index contributed by atoms with van der Waals surface area (Å²) in [5, 5.41) is 6.70. The van der Waals surface area contributed by atoms with E-state index >= 15 is 0 Å². The normalized spacial score (nSPS) is 11.3. The van der Waals surface area contributed by atoms with Gasteiger partial charge < -0.3 is 20.1 Å². The average Bonchev–Trinajstić information content (AvgIpc) is 3.14. The SMILES string of the molecule is CCNC(=NCc1ccc(CC)s1)NCCc1ccc(OC)c(OC)c1. The lowest BCUT2D eigenvalue weighted by atomic mass is 10.1. The number of nitrogens with zero attached hydrogens (tertiary/aromatic N) is 1. The van der Waals surface area contributed by atoms with Crippen molar-refractivity contribution in [2.24, 2.45) is 4.99 Å². The third-order valence-corrected chi connectivity index (χ3v) is 5.17. The van der Waals surface area contributed by atoms with Crippen LogP contribution in [0.2, 0.25) is 0 Å². The zero-order chi connectivity index (χ0) is 18.8. The molecule has 0 unspecified atom stereocenters. The summed E-state index contributed by atoms with van der Waals surface area (Å²) in [6, 6.07) is 10.4. The summed E-state index contributed by atoms with van der Waals surface area (Å²) < 4.78 is 10.6. The molecule has 0 saturated carbocycles. The Bertz CT molecular complexity index is 713. The molecule has 0 aliphatic rings. The van der Waals surface area contributed by atoms with Crippen LogP contribution in [0.15, 0.2) is 35.3 Å². The first-order valence-corrected chi connectivity index (χ1v) is 9.82. The van der Waals surface area contributed by atoms with Gasteiger partial charge in [-0.1, -0.05) is 13.0 Å². The van der Waals surface area contributed by atoms with Crippen LogP contribution in [0.3, 0.4) is 0 Å². The molecule has 0 aliphatic carbocycles. The fourth-order valence-electron chi connectivity index (χ4n) is 2.56. The molecule has 1 aromatic heterocycles. The molecule has 0 amide bonds. The molecule has 2 N–H and O–H groups in total. The molecular formula is C20H29N3O2S. The molecule has 0 aliphatic heterocycles. The largest absolute Gasteiger partial charge is 0.493 e. The van der Waals surface area contributed by atoms with Gasteiger partial charge in [-0.2, -0.15) is 0 Å². The lowest BCUT2D eigenvalue weighted by Crippen LogP contribution is -2.38. The monoisotopic (exact) mass is 375 g/mol. The summed E-state index contributed by atoms with van der Waals surface area (Å²) in [5.74, 6) is 2.36. The first-order chi connectivity index (χ1) is 12.7. The van der Waals surface area contributed by atoms with E-state index in [1.807, 2.05) is 23.5 Å². The van der Waals surface area contributed by atoms with E-state index in [1.54, 1.807) is 14.2 Å². The maximum atomic E-state index is 5.36. The number of hydrogen-bond donors (Lipinski definition) is 2. The van der Waals surface area contributed by atoms with Crippen molar-refractivity contribution in [3.8, 4) is 11.5 Å². The first kappa shape index (κ1) is 20.1. The van der Waals surface area contributed by atoms with Crippen molar-refractivity contribution < 1.29 is 9.47 Å². The van der Waals surface area contributed by atoms with Crippen LogP contribution in [0.1, 0.15) is 29.2 Å². The van der Waals surface area contributed by atoms with E-state index < -0.39 is 0 Å². The maximum absolute atomic E-state index is 5.36. The van der Waals surface area contributed by atoms with Gasteiger partial charge in [-0.05, 0) is 49.6 Å². The summed E-state index contributed by atoms with van der Waals surface area (Å²) in [6.07, 6.45) is 1.96. The maximum Gasteiger partial charge on any atom is 0.191 e. The van der Waals surface area contributed by atoms with Gasteiger partial charge in [-0.15, -0.1) is 11.3 Å². The van der Waals surface area contributed by atoms with E-state index in [9.17, 15) is 0 Å². The minimum Gasteiger partial charge on any atom is -0.493 e. The average molecular weight is 376 g/mol. The van der Waals surface area contributed by atoms with Crippen LogP contribution >= 0.6 is 11.3 Å². The number of ether oxygens (including phenoxy) is 2. The molecule has 0 bridgehead atoms. The highest BCUT2D eigenvalue weighted by molar-refractivity contribution is 7.11. The number of thiophene rings is 1. The Morgan fingerprint density at radius 3 is 2.42 bits per heavy atom. The Morgan fingerprint density at radius 1 is 1.00 bits per heavy atom. The number of nitrogens with one attached hydrogen (secondary N) is 2. The topological polar surface area (TPSA) is 54.9 Å². The van der Waals surface area contributed by atoms with Gasteiger partial charge in [-0.25, -0.2) is 4.99 Å². The molecule has 0 radical (unpaired) electrons. The van der Waals surface area contributed by atoms with E-state index in [4.69, 9.17) is 9.47 Å². The highest BCUT2D eigenvalue weighted by Crippen LogP contribution is 2.27. The van der Waals surface area contributed by atoms with Gasteiger partial charge >= 0.3 is 0 Å². The third kappa shape index (κ3) is 5.95. The van der Waals surface area contributed by atoms with Gasteiger partial charge in [0, 0.05) is 22.8 Å². The number of aryl methyl sites for hydroxylation is 1. The van der Waals surface area contributed by atoms with E-state index in [0.717, 1.165) is 43.4 Å². The molecule has 142 valence electrons. The van der Waals surface area contributed by atoms with Crippen molar-refractivity contribution in [1.29, 1.82) is 0 Å². The smallest absolute Gasteiger partial charge is 0.191 e. The highest BCUT2D eigenvalue weighted by atomic mass is 32.1. The minimum atomic E-state index is 0.705. The number of aliphatic imine (C=N–C) groups is 1. The molecule has 2 aromatic rings. The van der Waals surface area contributed by atoms with Gasteiger partial charge in [0.1, 0.15) is 0 Å². The molecule has 2 rings (SSSR count). The van der Waals surface area contributed by atoms with Gasteiger partial charge in [0.15, 0.2) is 17.5 Å². The third-order valence-electron chi connectivity index (χ3n) is 3.96. The fraction of sp³-hybridized carbons (Fsp3) is 0.450. The predicted molar refractivity (Wildman–Crippen MR) is 110 cm³/mol. The highest BCUT2D eigenvalue weighted by Gasteiger charge is 2.05. The molecule has 6 heteroatoms. The molecule has 0 atom stereocenters. The molecule has 0 fully saturated rings. The van der Waals surface area contributed by atoms with Crippen molar-refractivity contribution in [3.05, 3.63) is 45.6 Å². The van der Waals surface area contributed by atoms with Crippen molar-refractivity contribution in [1.82, 2.24) is 10.6 Å². The van der Waals surface area contributed by atoms with Gasteiger partial charge in [0.05, 0.1) is 20.8 Å². The quantitative estimate of drug-likeness (QED) is 0.519. The zero-order valence-corrected chi connectivity index (χ0v) is 16.9. The van der Waals surface area contributed by atoms with Crippen molar-refractivity contribution in [2.75, 3.05) is 27.3 Å². The summed E-state index contributed by atoms with van der Waals surface area (Å²) in [7, 11) is 3.31. The summed E-state index contributed by atoms with van der Waals surface area (Å²) in [6.45, 7) is 6.60. The van der Waals surface area contributed by atoms with Crippen molar-refractivity contribution in [2.45, 2.75) is 33.2 Å². The Morgan fingerprint density at radius 2 is 1.77 bits per heavy atom. The van der Waals surface area contributed by atoms with Crippen LogP contribution in [0.5, 0.6) is 11.5 Å². The second-order valence-corrected chi connectivity index (χ2v) is 7.04. The van der Waals surface area contributed by atoms with Crippen LogP contribution < -0.4 is 20.1 Å². The number of benzene rings is 1. The molecule has 1 heterocycles.